The second-order valence-corrected chi connectivity index (χ2v) is 6.77. The van der Waals surface area contributed by atoms with E-state index in [0.717, 1.165) is 45.1 Å². The fraction of sp³-hybridized carbons (Fsp3) is 0.647. The summed E-state index contributed by atoms with van der Waals surface area (Å²) in [6, 6.07) is 4.19. The van der Waals surface area contributed by atoms with Gasteiger partial charge in [0.2, 0.25) is 0 Å². The SMILES string of the molecule is FC(F)(F)c1cccc([C@@H](C2CCOCC2)N2CCNCC2)c1Cl. The van der Waals surface area contributed by atoms with Crippen LogP contribution in [0.15, 0.2) is 18.2 Å². The Bertz CT molecular complexity index is 537. The van der Waals surface area contributed by atoms with Gasteiger partial charge in [0.1, 0.15) is 0 Å². The Kier molecular flexibility index (Phi) is 5.70. The van der Waals surface area contributed by atoms with Gasteiger partial charge >= 0.3 is 6.18 Å². The highest BCUT2D eigenvalue weighted by molar-refractivity contribution is 6.32. The zero-order chi connectivity index (χ0) is 17.2. The molecule has 24 heavy (non-hydrogen) atoms. The van der Waals surface area contributed by atoms with Crippen molar-refractivity contribution in [2.24, 2.45) is 5.92 Å². The zero-order valence-electron chi connectivity index (χ0n) is 13.4. The third-order valence-electron chi connectivity index (χ3n) is 4.91. The Morgan fingerprint density at radius 3 is 2.46 bits per heavy atom. The topological polar surface area (TPSA) is 24.5 Å². The van der Waals surface area contributed by atoms with Crippen LogP contribution in [0.4, 0.5) is 13.2 Å². The Hall–Kier alpha value is -0.820. The number of nitrogens with zero attached hydrogens (tertiary/aromatic N) is 1. The second-order valence-electron chi connectivity index (χ2n) is 6.39. The van der Waals surface area contributed by atoms with Crippen molar-refractivity contribution in [3.8, 4) is 0 Å². The molecule has 0 spiro atoms. The minimum atomic E-state index is -4.43. The van der Waals surface area contributed by atoms with Crippen molar-refractivity contribution >= 4 is 11.6 Å². The first-order valence-electron chi connectivity index (χ1n) is 8.36. The van der Waals surface area contributed by atoms with Crippen LogP contribution < -0.4 is 5.32 Å². The van der Waals surface area contributed by atoms with Gasteiger partial charge in [-0.1, -0.05) is 23.7 Å². The monoisotopic (exact) mass is 362 g/mol. The van der Waals surface area contributed by atoms with Gasteiger partial charge in [0.05, 0.1) is 10.6 Å². The molecule has 2 fully saturated rings. The molecule has 2 aliphatic heterocycles. The Balaban J connectivity index is 1.98. The molecule has 7 heteroatoms. The van der Waals surface area contributed by atoms with Crippen LogP contribution in [-0.4, -0.2) is 44.3 Å². The van der Waals surface area contributed by atoms with Gasteiger partial charge < -0.3 is 10.1 Å². The van der Waals surface area contributed by atoms with E-state index in [1.165, 1.54) is 6.07 Å². The van der Waals surface area contributed by atoms with E-state index < -0.39 is 11.7 Å². The largest absolute Gasteiger partial charge is 0.417 e. The van der Waals surface area contributed by atoms with E-state index >= 15 is 0 Å². The van der Waals surface area contributed by atoms with Crippen molar-refractivity contribution in [3.63, 3.8) is 0 Å². The highest BCUT2D eigenvalue weighted by atomic mass is 35.5. The lowest BCUT2D eigenvalue weighted by molar-refractivity contribution is -0.137. The predicted octanol–water partition coefficient (Wildman–Crippen LogP) is 3.73. The number of nitrogens with one attached hydrogen (secondary N) is 1. The van der Waals surface area contributed by atoms with Crippen LogP contribution in [-0.2, 0) is 10.9 Å². The van der Waals surface area contributed by atoms with Crippen molar-refractivity contribution in [2.45, 2.75) is 25.1 Å². The highest BCUT2D eigenvalue weighted by Gasteiger charge is 2.38. The summed E-state index contributed by atoms with van der Waals surface area (Å²) in [5, 5.41) is 3.14. The van der Waals surface area contributed by atoms with Gasteiger partial charge in [-0.25, -0.2) is 0 Å². The van der Waals surface area contributed by atoms with E-state index in [-0.39, 0.29) is 17.0 Å². The van der Waals surface area contributed by atoms with Gasteiger partial charge in [-0.05, 0) is 30.4 Å². The van der Waals surface area contributed by atoms with E-state index in [1.54, 1.807) is 6.07 Å². The predicted molar refractivity (Wildman–Crippen MR) is 87.2 cm³/mol. The maximum Gasteiger partial charge on any atom is 0.417 e. The fourth-order valence-electron chi connectivity index (χ4n) is 3.74. The average Bonchev–Trinajstić information content (AvgIpc) is 2.58. The number of hydrogen-bond acceptors (Lipinski definition) is 3. The zero-order valence-corrected chi connectivity index (χ0v) is 14.2. The second kappa shape index (κ2) is 7.60. The van der Waals surface area contributed by atoms with E-state index in [2.05, 4.69) is 10.2 Å². The lowest BCUT2D eigenvalue weighted by Crippen LogP contribution is -2.47. The molecule has 134 valence electrons. The van der Waals surface area contributed by atoms with Gasteiger partial charge in [0.15, 0.2) is 0 Å². The number of piperazine rings is 1. The molecule has 3 nitrogen and oxygen atoms in total. The smallest absolute Gasteiger partial charge is 0.381 e. The van der Waals surface area contributed by atoms with Crippen LogP contribution in [0.1, 0.15) is 30.0 Å². The molecule has 1 aromatic rings. The van der Waals surface area contributed by atoms with E-state index in [4.69, 9.17) is 16.3 Å². The maximum atomic E-state index is 13.2. The summed E-state index contributed by atoms with van der Waals surface area (Å²) in [5.74, 6) is 0.262. The first kappa shape index (κ1) is 18.0. The van der Waals surface area contributed by atoms with Gasteiger partial charge in [0.25, 0.3) is 0 Å². The fourth-order valence-corrected chi connectivity index (χ4v) is 4.08. The highest BCUT2D eigenvalue weighted by Crippen LogP contribution is 2.43. The standard InChI is InChI=1S/C17H22ClF3N2O/c18-15-13(2-1-3-14(15)17(19,20)21)16(12-4-10-24-11-5-12)23-8-6-22-7-9-23/h1-3,12,16,22H,4-11H2/t16-/m1/s1. The molecule has 0 aromatic heterocycles. The lowest BCUT2D eigenvalue weighted by Gasteiger charge is -2.41. The molecule has 0 unspecified atom stereocenters. The molecule has 0 aliphatic carbocycles. The first-order chi connectivity index (χ1) is 11.5. The van der Waals surface area contributed by atoms with Crippen molar-refractivity contribution in [1.29, 1.82) is 0 Å². The van der Waals surface area contributed by atoms with Crippen LogP contribution in [0.3, 0.4) is 0 Å². The molecule has 0 amide bonds. The summed E-state index contributed by atoms with van der Waals surface area (Å²) in [6.45, 7) is 4.63. The number of alkyl halides is 3. The Morgan fingerprint density at radius 1 is 1.17 bits per heavy atom. The van der Waals surface area contributed by atoms with E-state index in [0.29, 0.717) is 18.8 Å². The van der Waals surface area contributed by atoms with Crippen LogP contribution in [0, 0.1) is 5.92 Å². The van der Waals surface area contributed by atoms with Crippen LogP contribution >= 0.6 is 11.6 Å². The Labute approximate surface area is 145 Å². The van der Waals surface area contributed by atoms with Gasteiger partial charge in [-0.15, -0.1) is 0 Å². The summed E-state index contributed by atoms with van der Waals surface area (Å²) in [7, 11) is 0. The molecule has 0 bridgehead atoms. The van der Waals surface area contributed by atoms with Gasteiger partial charge in [-0.3, -0.25) is 4.90 Å². The molecule has 0 saturated carbocycles. The minimum Gasteiger partial charge on any atom is -0.381 e. The number of benzene rings is 1. The molecule has 2 heterocycles. The average molecular weight is 363 g/mol. The quantitative estimate of drug-likeness (QED) is 0.886. The molecule has 1 aromatic carbocycles. The molecular weight excluding hydrogens is 341 g/mol. The normalized spacial score (nSPS) is 22.5. The number of hydrogen-bond donors (Lipinski definition) is 1. The molecule has 2 aliphatic rings. The minimum absolute atomic E-state index is 0.0919. The van der Waals surface area contributed by atoms with Crippen molar-refractivity contribution in [3.05, 3.63) is 34.3 Å². The van der Waals surface area contributed by atoms with Crippen molar-refractivity contribution in [2.75, 3.05) is 39.4 Å². The maximum absolute atomic E-state index is 13.2. The first-order valence-corrected chi connectivity index (χ1v) is 8.74. The summed E-state index contributed by atoms with van der Waals surface area (Å²) in [6.07, 6.45) is -2.74. The summed E-state index contributed by atoms with van der Waals surface area (Å²) in [4.78, 5) is 2.27. The number of halogens is 4. The number of ether oxygens (including phenoxy) is 1. The molecule has 1 N–H and O–H groups in total. The molecule has 3 rings (SSSR count). The van der Waals surface area contributed by atoms with E-state index in [9.17, 15) is 13.2 Å². The molecule has 2 saturated heterocycles. The number of rotatable bonds is 3. The van der Waals surface area contributed by atoms with Crippen LogP contribution in [0.2, 0.25) is 5.02 Å². The summed E-state index contributed by atoms with van der Waals surface area (Å²) >= 11 is 6.23. The van der Waals surface area contributed by atoms with Gasteiger partial charge in [-0.2, -0.15) is 13.2 Å². The summed E-state index contributed by atoms with van der Waals surface area (Å²) in [5.41, 5.74) is -0.144. The van der Waals surface area contributed by atoms with Crippen LogP contribution in [0.25, 0.3) is 0 Å². The van der Waals surface area contributed by atoms with Crippen LogP contribution in [0.5, 0.6) is 0 Å². The third kappa shape index (κ3) is 3.87. The van der Waals surface area contributed by atoms with Crippen molar-refractivity contribution in [1.82, 2.24) is 10.2 Å². The third-order valence-corrected chi connectivity index (χ3v) is 5.33. The lowest BCUT2D eigenvalue weighted by atomic mass is 9.85. The Morgan fingerprint density at radius 2 is 1.83 bits per heavy atom. The van der Waals surface area contributed by atoms with Gasteiger partial charge in [0, 0.05) is 45.4 Å². The molecular formula is C17H22ClF3N2O. The van der Waals surface area contributed by atoms with Crippen molar-refractivity contribution < 1.29 is 17.9 Å². The molecule has 0 radical (unpaired) electrons. The van der Waals surface area contributed by atoms with E-state index in [1.807, 2.05) is 0 Å². The summed E-state index contributed by atoms with van der Waals surface area (Å²) < 4.78 is 45.2. The molecule has 1 atom stereocenters.